The van der Waals surface area contributed by atoms with E-state index in [2.05, 4.69) is 48.3 Å². The molecular formula is C18H30N2. The highest BCUT2D eigenvalue weighted by Crippen LogP contribution is 2.22. The van der Waals surface area contributed by atoms with Crippen LogP contribution >= 0.6 is 0 Å². The molecule has 0 aromatic heterocycles. The van der Waals surface area contributed by atoms with Crippen LogP contribution in [0.25, 0.3) is 0 Å². The molecule has 1 aliphatic heterocycles. The second-order valence-corrected chi connectivity index (χ2v) is 6.00. The van der Waals surface area contributed by atoms with Crippen molar-refractivity contribution in [3.8, 4) is 0 Å². The second-order valence-electron chi connectivity index (χ2n) is 6.00. The number of nitrogens with one attached hydrogen (secondary N) is 1. The molecule has 2 heteroatoms. The summed E-state index contributed by atoms with van der Waals surface area (Å²) < 4.78 is 0. The van der Waals surface area contributed by atoms with Gasteiger partial charge in [0, 0.05) is 6.54 Å². The number of likely N-dealkylation sites (N-methyl/N-ethyl adjacent to an activating group) is 1. The first kappa shape index (κ1) is 15.5. The van der Waals surface area contributed by atoms with Gasteiger partial charge in [-0.15, -0.1) is 0 Å². The van der Waals surface area contributed by atoms with Crippen LogP contribution in [0.3, 0.4) is 0 Å². The summed E-state index contributed by atoms with van der Waals surface area (Å²) >= 11 is 0. The fourth-order valence-electron chi connectivity index (χ4n) is 3.15. The van der Waals surface area contributed by atoms with Crippen molar-refractivity contribution in [2.75, 3.05) is 26.2 Å². The first-order chi connectivity index (χ1) is 9.83. The van der Waals surface area contributed by atoms with E-state index in [9.17, 15) is 0 Å². The molecule has 0 bridgehead atoms. The maximum absolute atomic E-state index is 3.43. The Morgan fingerprint density at radius 3 is 2.45 bits per heavy atom. The molecule has 0 radical (unpaired) electrons. The standard InChI is InChI=1S/C18H30N2/c1-3-16-10-13-20(14-11-16)15-18-8-6-5-7-17(18)9-12-19-4-2/h5-8,16,19H,3-4,9-15H2,1-2H3. The summed E-state index contributed by atoms with van der Waals surface area (Å²) in [5.74, 6) is 0.968. The second kappa shape index (κ2) is 8.43. The van der Waals surface area contributed by atoms with Crippen molar-refractivity contribution in [3.05, 3.63) is 35.4 Å². The molecule has 1 N–H and O–H groups in total. The smallest absolute Gasteiger partial charge is 0.0236 e. The van der Waals surface area contributed by atoms with E-state index in [1.165, 1.54) is 43.5 Å². The van der Waals surface area contributed by atoms with E-state index in [-0.39, 0.29) is 0 Å². The Balaban J connectivity index is 1.88. The van der Waals surface area contributed by atoms with E-state index in [1.807, 2.05) is 0 Å². The maximum Gasteiger partial charge on any atom is 0.0236 e. The average molecular weight is 274 g/mol. The lowest BCUT2D eigenvalue weighted by Crippen LogP contribution is -2.33. The highest BCUT2D eigenvalue weighted by atomic mass is 15.1. The van der Waals surface area contributed by atoms with Gasteiger partial charge >= 0.3 is 0 Å². The zero-order valence-electron chi connectivity index (χ0n) is 13.2. The molecule has 0 spiro atoms. The minimum Gasteiger partial charge on any atom is -0.317 e. The van der Waals surface area contributed by atoms with Crippen molar-refractivity contribution in [1.29, 1.82) is 0 Å². The zero-order valence-corrected chi connectivity index (χ0v) is 13.2. The lowest BCUT2D eigenvalue weighted by Gasteiger charge is -2.32. The topological polar surface area (TPSA) is 15.3 Å². The van der Waals surface area contributed by atoms with Gasteiger partial charge in [0.15, 0.2) is 0 Å². The highest BCUT2D eigenvalue weighted by molar-refractivity contribution is 5.27. The van der Waals surface area contributed by atoms with Gasteiger partial charge in [0.2, 0.25) is 0 Å². The number of hydrogen-bond acceptors (Lipinski definition) is 2. The quantitative estimate of drug-likeness (QED) is 0.766. The van der Waals surface area contributed by atoms with Crippen LogP contribution in [0.15, 0.2) is 24.3 Å². The summed E-state index contributed by atoms with van der Waals surface area (Å²) in [6, 6.07) is 8.97. The van der Waals surface area contributed by atoms with Crippen LogP contribution in [0.2, 0.25) is 0 Å². The van der Waals surface area contributed by atoms with E-state index in [0.29, 0.717) is 0 Å². The predicted molar refractivity (Wildman–Crippen MR) is 87.0 cm³/mol. The molecule has 20 heavy (non-hydrogen) atoms. The Labute approximate surface area is 124 Å². The molecule has 0 atom stereocenters. The van der Waals surface area contributed by atoms with Crippen LogP contribution in [0.1, 0.15) is 44.2 Å². The Bertz CT molecular complexity index is 381. The number of piperidine rings is 1. The molecule has 1 fully saturated rings. The van der Waals surface area contributed by atoms with Gasteiger partial charge in [0.05, 0.1) is 0 Å². The number of nitrogens with zero attached hydrogens (tertiary/aromatic N) is 1. The van der Waals surface area contributed by atoms with Gasteiger partial charge in [-0.2, -0.15) is 0 Å². The first-order valence-corrected chi connectivity index (χ1v) is 8.33. The molecule has 2 rings (SSSR count). The summed E-state index contributed by atoms with van der Waals surface area (Å²) in [6.45, 7) is 10.3. The minimum atomic E-state index is 0.968. The third kappa shape index (κ3) is 4.60. The van der Waals surface area contributed by atoms with Gasteiger partial charge in [0.25, 0.3) is 0 Å². The normalized spacial score (nSPS) is 17.5. The molecule has 112 valence electrons. The monoisotopic (exact) mass is 274 g/mol. The van der Waals surface area contributed by atoms with Crippen molar-refractivity contribution >= 4 is 0 Å². The van der Waals surface area contributed by atoms with E-state index in [1.54, 1.807) is 0 Å². The van der Waals surface area contributed by atoms with Crippen LogP contribution in [-0.4, -0.2) is 31.1 Å². The third-order valence-electron chi connectivity index (χ3n) is 4.62. The van der Waals surface area contributed by atoms with Crippen LogP contribution in [0, 0.1) is 5.92 Å². The predicted octanol–water partition coefficient (Wildman–Crippen LogP) is 3.46. The molecule has 0 amide bonds. The maximum atomic E-state index is 3.43. The van der Waals surface area contributed by atoms with Gasteiger partial charge < -0.3 is 5.32 Å². The van der Waals surface area contributed by atoms with Crippen LogP contribution in [0.4, 0.5) is 0 Å². The van der Waals surface area contributed by atoms with Crippen LogP contribution < -0.4 is 5.32 Å². The summed E-state index contributed by atoms with van der Waals surface area (Å²) in [7, 11) is 0. The van der Waals surface area contributed by atoms with Crippen LogP contribution in [0.5, 0.6) is 0 Å². The lowest BCUT2D eigenvalue weighted by atomic mass is 9.94. The Morgan fingerprint density at radius 2 is 1.80 bits per heavy atom. The van der Waals surface area contributed by atoms with E-state index in [0.717, 1.165) is 32.0 Å². The molecular weight excluding hydrogens is 244 g/mol. The fourth-order valence-corrected chi connectivity index (χ4v) is 3.15. The summed E-state index contributed by atoms with van der Waals surface area (Å²) in [6.07, 6.45) is 5.27. The molecule has 1 aromatic carbocycles. The Hall–Kier alpha value is -0.860. The van der Waals surface area contributed by atoms with Crippen molar-refractivity contribution in [1.82, 2.24) is 10.2 Å². The highest BCUT2D eigenvalue weighted by Gasteiger charge is 2.18. The van der Waals surface area contributed by atoms with Gasteiger partial charge in [-0.1, -0.05) is 44.5 Å². The molecule has 0 unspecified atom stereocenters. The molecule has 0 aliphatic carbocycles. The number of benzene rings is 1. The summed E-state index contributed by atoms with van der Waals surface area (Å²) in [4.78, 5) is 2.64. The molecule has 1 aromatic rings. The van der Waals surface area contributed by atoms with E-state index < -0.39 is 0 Å². The molecule has 1 saturated heterocycles. The van der Waals surface area contributed by atoms with E-state index in [4.69, 9.17) is 0 Å². The van der Waals surface area contributed by atoms with Crippen molar-refractivity contribution in [2.24, 2.45) is 5.92 Å². The molecule has 1 aliphatic rings. The summed E-state index contributed by atoms with van der Waals surface area (Å²) in [5.41, 5.74) is 3.05. The van der Waals surface area contributed by atoms with Gasteiger partial charge in [-0.25, -0.2) is 0 Å². The fraction of sp³-hybridized carbons (Fsp3) is 0.667. The number of rotatable bonds is 7. The third-order valence-corrected chi connectivity index (χ3v) is 4.62. The molecule has 0 saturated carbocycles. The summed E-state index contributed by atoms with van der Waals surface area (Å²) in [5, 5.41) is 3.43. The zero-order chi connectivity index (χ0) is 14.2. The molecule has 2 nitrogen and oxygen atoms in total. The van der Waals surface area contributed by atoms with Crippen LogP contribution in [-0.2, 0) is 13.0 Å². The number of likely N-dealkylation sites (tertiary alicyclic amines) is 1. The van der Waals surface area contributed by atoms with Gasteiger partial charge in [0.1, 0.15) is 0 Å². The Kier molecular flexibility index (Phi) is 6.55. The van der Waals surface area contributed by atoms with Gasteiger partial charge in [-0.05, 0) is 62.5 Å². The SMILES string of the molecule is CCNCCc1ccccc1CN1CCC(CC)CC1. The largest absolute Gasteiger partial charge is 0.317 e. The molecule has 1 heterocycles. The Morgan fingerprint density at radius 1 is 1.10 bits per heavy atom. The van der Waals surface area contributed by atoms with Gasteiger partial charge in [-0.3, -0.25) is 4.90 Å². The van der Waals surface area contributed by atoms with E-state index >= 15 is 0 Å². The van der Waals surface area contributed by atoms with Crippen molar-refractivity contribution in [2.45, 2.75) is 46.1 Å². The van der Waals surface area contributed by atoms with Crippen molar-refractivity contribution in [3.63, 3.8) is 0 Å². The average Bonchev–Trinajstić information content (AvgIpc) is 2.50. The first-order valence-electron chi connectivity index (χ1n) is 8.33. The lowest BCUT2D eigenvalue weighted by molar-refractivity contribution is 0.174. The number of hydrogen-bond donors (Lipinski definition) is 1. The minimum absolute atomic E-state index is 0.968. The van der Waals surface area contributed by atoms with Crippen molar-refractivity contribution < 1.29 is 0 Å².